The van der Waals surface area contributed by atoms with Gasteiger partial charge in [0.05, 0.1) is 28.9 Å². The first kappa shape index (κ1) is 20.2. The van der Waals surface area contributed by atoms with Crippen LogP contribution in [-0.4, -0.2) is 34.2 Å². The Bertz CT molecular complexity index is 1260. The number of anilines is 1. The Kier molecular flexibility index (Phi) is 6.16. The molecule has 0 bridgehead atoms. The molecule has 150 valence electrons. The lowest BCUT2D eigenvalue weighted by Gasteiger charge is -2.09. The SMILES string of the molecule is CCOC(=O)c1ccccc1N/N=C(\C(=O)N=[N+]=[N-])c1nc2ccccc2[nH]c1=O. The van der Waals surface area contributed by atoms with Crippen molar-refractivity contribution < 1.29 is 14.3 Å². The highest BCUT2D eigenvalue weighted by Gasteiger charge is 2.20. The molecule has 0 atom stereocenters. The van der Waals surface area contributed by atoms with Crippen LogP contribution in [-0.2, 0) is 9.53 Å². The maximum atomic E-state index is 12.5. The molecule has 0 fully saturated rings. The molecule has 0 aliphatic carbocycles. The van der Waals surface area contributed by atoms with Crippen molar-refractivity contribution in [1.82, 2.24) is 9.97 Å². The molecule has 30 heavy (non-hydrogen) atoms. The van der Waals surface area contributed by atoms with Crippen LogP contribution in [0.15, 0.2) is 63.5 Å². The Hall–Kier alpha value is -4.50. The summed E-state index contributed by atoms with van der Waals surface area (Å²) in [4.78, 5) is 46.1. The van der Waals surface area contributed by atoms with Crippen molar-refractivity contribution >= 4 is 34.3 Å². The third kappa shape index (κ3) is 4.32. The summed E-state index contributed by atoms with van der Waals surface area (Å²) < 4.78 is 4.99. The van der Waals surface area contributed by atoms with Crippen LogP contribution >= 0.6 is 0 Å². The molecular weight excluding hydrogens is 390 g/mol. The van der Waals surface area contributed by atoms with Crippen LogP contribution in [0.1, 0.15) is 23.0 Å². The smallest absolute Gasteiger partial charge is 0.340 e. The van der Waals surface area contributed by atoms with Gasteiger partial charge in [-0.3, -0.25) is 15.0 Å². The zero-order chi connectivity index (χ0) is 21.5. The molecule has 0 unspecified atom stereocenters. The fourth-order valence-electron chi connectivity index (χ4n) is 2.56. The van der Waals surface area contributed by atoms with Crippen LogP contribution in [0.25, 0.3) is 21.5 Å². The third-order valence-corrected chi connectivity index (χ3v) is 3.87. The predicted molar refractivity (Wildman–Crippen MR) is 109 cm³/mol. The number of esters is 1. The summed E-state index contributed by atoms with van der Waals surface area (Å²) in [6, 6.07) is 13.0. The van der Waals surface area contributed by atoms with Crippen LogP contribution in [0.2, 0.25) is 0 Å². The largest absolute Gasteiger partial charge is 0.462 e. The number of carbonyl (C=O) groups excluding carboxylic acids is 2. The number of rotatable bonds is 6. The number of hydrogen-bond acceptors (Lipinski definition) is 7. The second-order valence-electron chi connectivity index (χ2n) is 5.76. The summed E-state index contributed by atoms with van der Waals surface area (Å²) in [5.74, 6) is -1.72. The maximum absolute atomic E-state index is 12.5. The van der Waals surface area contributed by atoms with Crippen molar-refractivity contribution in [3.8, 4) is 0 Å². The molecule has 0 radical (unpaired) electrons. The average molecular weight is 405 g/mol. The van der Waals surface area contributed by atoms with Gasteiger partial charge in [0, 0.05) is 4.91 Å². The first-order valence-electron chi connectivity index (χ1n) is 8.74. The Morgan fingerprint density at radius 1 is 1.20 bits per heavy atom. The van der Waals surface area contributed by atoms with E-state index in [0.29, 0.717) is 11.0 Å². The average Bonchev–Trinajstić information content (AvgIpc) is 2.74. The fraction of sp³-hybridized carbons (Fsp3) is 0.105. The summed E-state index contributed by atoms with van der Waals surface area (Å²) in [6.07, 6.45) is 0. The van der Waals surface area contributed by atoms with Gasteiger partial charge in [-0.1, -0.05) is 24.3 Å². The highest BCUT2D eigenvalue weighted by molar-refractivity contribution is 6.45. The molecule has 1 heterocycles. The molecule has 0 aliphatic rings. The predicted octanol–water partition coefficient (Wildman–Crippen LogP) is 2.75. The highest BCUT2D eigenvalue weighted by Crippen LogP contribution is 2.17. The Balaban J connectivity index is 2.09. The van der Waals surface area contributed by atoms with Crippen molar-refractivity contribution in [3.63, 3.8) is 0 Å². The van der Waals surface area contributed by atoms with Gasteiger partial charge in [0.2, 0.25) is 0 Å². The number of aromatic nitrogens is 2. The van der Waals surface area contributed by atoms with Crippen LogP contribution < -0.4 is 11.0 Å². The number of benzene rings is 2. The Morgan fingerprint density at radius 3 is 2.70 bits per heavy atom. The van der Waals surface area contributed by atoms with Crippen LogP contribution in [0, 0.1) is 0 Å². The maximum Gasteiger partial charge on any atom is 0.340 e. The number of para-hydroxylation sites is 3. The fourth-order valence-corrected chi connectivity index (χ4v) is 2.56. The van der Waals surface area contributed by atoms with Crippen LogP contribution in [0.4, 0.5) is 5.69 Å². The summed E-state index contributed by atoms with van der Waals surface area (Å²) >= 11 is 0. The van der Waals surface area contributed by atoms with Gasteiger partial charge in [0.1, 0.15) is 0 Å². The van der Waals surface area contributed by atoms with Gasteiger partial charge in [-0.15, -0.1) is 0 Å². The number of nitrogens with zero attached hydrogens (tertiary/aromatic N) is 5. The topological polar surface area (TPSA) is 162 Å². The molecule has 2 N–H and O–H groups in total. The molecule has 0 saturated heterocycles. The third-order valence-electron chi connectivity index (χ3n) is 3.87. The molecule has 3 rings (SSSR count). The number of fused-ring (bicyclic) bond motifs is 1. The van der Waals surface area contributed by atoms with Gasteiger partial charge < -0.3 is 9.72 Å². The summed E-state index contributed by atoms with van der Waals surface area (Å²) in [5.41, 5.74) is 10.9. The molecule has 0 spiro atoms. The van der Waals surface area contributed by atoms with Gasteiger partial charge in [-0.25, -0.2) is 9.78 Å². The minimum absolute atomic E-state index is 0.166. The highest BCUT2D eigenvalue weighted by atomic mass is 16.5. The standard InChI is InChI=1S/C19H15N7O4/c1-2-30-19(29)11-7-3-4-8-12(11)23-24-16(18(28)25-26-20)15-17(27)22-14-10-6-5-9-13(14)21-15/h3-10,23H,2H2,1H3,(H,22,27)/b24-16-. The van der Waals surface area contributed by atoms with Crippen LogP contribution in [0.5, 0.6) is 0 Å². The molecule has 0 saturated carbocycles. The van der Waals surface area contributed by atoms with E-state index in [0.717, 1.165) is 0 Å². The number of hydrazone groups is 1. The molecule has 1 amide bonds. The molecule has 0 aliphatic heterocycles. The summed E-state index contributed by atoms with van der Waals surface area (Å²) in [5, 5.41) is 6.92. The number of aromatic amines is 1. The van der Waals surface area contributed by atoms with E-state index in [1.807, 2.05) is 0 Å². The van der Waals surface area contributed by atoms with Crippen molar-refractivity contribution in [2.24, 2.45) is 10.2 Å². The minimum atomic E-state index is -1.12. The van der Waals surface area contributed by atoms with Gasteiger partial charge in [0.25, 0.3) is 11.5 Å². The normalized spacial score (nSPS) is 10.9. The lowest BCUT2D eigenvalue weighted by molar-refractivity contribution is -0.111. The molecular formula is C19H15N7O4. The molecule has 11 heteroatoms. The van der Waals surface area contributed by atoms with E-state index in [-0.39, 0.29) is 23.6 Å². The van der Waals surface area contributed by atoms with Gasteiger partial charge in [-0.2, -0.15) is 5.10 Å². The second kappa shape index (κ2) is 9.13. The Morgan fingerprint density at radius 2 is 1.93 bits per heavy atom. The number of hydrogen-bond donors (Lipinski definition) is 2. The van der Waals surface area contributed by atoms with Crippen molar-refractivity contribution in [1.29, 1.82) is 0 Å². The lowest BCUT2D eigenvalue weighted by Crippen LogP contribution is -2.26. The molecule has 2 aromatic carbocycles. The van der Waals surface area contributed by atoms with E-state index in [4.69, 9.17) is 10.3 Å². The van der Waals surface area contributed by atoms with E-state index in [1.54, 1.807) is 43.3 Å². The number of amides is 1. The first-order valence-corrected chi connectivity index (χ1v) is 8.74. The first-order chi connectivity index (χ1) is 14.5. The monoisotopic (exact) mass is 405 g/mol. The molecule has 11 nitrogen and oxygen atoms in total. The van der Waals surface area contributed by atoms with E-state index in [2.05, 4.69) is 30.5 Å². The lowest BCUT2D eigenvalue weighted by atomic mass is 10.2. The van der Waals surface area contributed by atoms with E-state index >= 15 is 0 Å². The number of ether oxygens (including phenoxy) is 1. The number of nitrogens with one attached hydrogen (secondary N) is 2. The quantitative estimate of drug-likeness (QED) is 0.160. The van der Waals surface area contributed by atoms with Gasteiger partial charge >= 0.3 is 5.97 Å². The van der Waals surface area contributed by atoms with Crippen molar-refractivity contribution in [3.05, 3.63) is 80.6 Å². The molecule has 1 aromatic heterocycles. The van der Waals surface area contributed by atoms with E-state index < -0.39 is 23.1 Å². The van der Waals surface area contributed by atoms with E-state index in [9.17, 15) is 14.4 Å². The van der Waals surface area contributed by atoms with Gasteiger partial charge in [-0.05, 0) is 41.8 Å². The van der Waals surface area contributed by atoms with Crippen molar-refractivity contribution in [2.45, 2.75) is 6.92 Å². The number of H-pyrrole nitrogens is 1. The molecule has 3 aromatic rings. The van der Waals surface area contributed by atoms with Crippen molar-refractivity contribution in [2.75, 3.05) is 12.0 Å². The van der Waals surface area contributed by atoms with Crippen LogP contribution in [0.3, 0.4) is 0 Å². The zero-order valence-electron chi connectivity index (χ0n) is 15.7. The Labute approximate surface area is 169 Å². The number of azide groups is 1. The van der Waals surface area contributed by atoms with E-state index in [1.165, 1.54) is 12.1 Å². The zero-order valence-corrected chi connectivity index (χ0v) is 15.7. The summed E-state index contributed by atoms with van der Waals surface area (Å²) in [6.45, 7) is 1.84. The van der Waals surface area contributed by atoms with Gasteiger partial charge in [0.15, 0.2) is 11.4 Å². The summed E-state index contributed by atoms with van der Waals surface area (Å²) in [7, 11) is 0. The minimum Gasteiger partial charge on any atom is -0.462 e. The number of carbonyl (C=O) groups is 2. The second-order valence-corrected chi connectivity index (χ2v) is 5.76.